The lowest BCUT2D eigenvalue weighted by Crippen LogP contribution is -2.38. The molecule has 0 unspecified atom stereocenters. The van der Waals surface area contributed by atoms with Crippen molar-refractivity contribution in [3.05, 3.63) is 0 Å². The molecule has 1 aliphatic heterocycles. The molecule has 0 radical (unpaired) electrons. The van der Waals surface area contributed by atoms with Gasteiger partial charge in [-0.2, -0.15) is 11.8 Å². The topological polar surface area (TPSA) is 58.2 Å². The van der Waals surface area contributed by atoms with Gasteiger partial charge in [0.2, 0.25) is 11.8 Å². The Hall–Kier alpha value is -0.710. The molecule has 0 aliphatic carbocycles. The molecule has 15 heavy (non-hydrogen) atoms. The summed E-state index contributed by atoms with van der Waals surface area (Å²) in [6.45, 7) is 2.82. The third-order valence-corrected chi connectivity index (χ3v) is 4.10. The van der Waals surface area contributed by atoms with Crippen molar-refractivity contribution in [1.29, 1.82) is 0 Å². The number of hydrogen-bond donors (Lipinski definition) is 2. The Morgan fingerprint density at radius 3 is 2.67 bits per heavy atom. The van der Waals surface area contributed by atoms with Crippen LogP contribution in [0.1, 0.15) is 26.2 Å². The van der Waals surface area contributed by atoms with Gasteiger partial charge < -0.3 is 10.6 Å². The second-order valence-electron chi connectivity index (χ2n) is 4.03. The molecule has 86 valence electrons. The van der Waals surface area contributed by atoms with E-state index in [0.717, 1.165) is 6.42 Å². The normalized spacial score (nSPS) is 24.9. The second-order valence-corrected chi connectivity index (χ2v) is 5.71. The fourth-order valence-corrected chi connectivity index (χ4v) is 2.80. The fourth-order valence-electron chi connectivity index (χ4n) is 1.56. The van der Waals surface area contributed by atoms with Crippen LogP contribution in [0, 0.1) is 0 Å². The molecule has 0 aromatic carbocycles. The summed E-state index contributed by atoms with van der Waals surface area (Å²) in [5.41, 5.74) is 0. The van der Waals surface area contributed by atoms with Crippen LogP contribution in [0.4, 0.5) is 0 Å². The van der Waals surface area contributed by atoms with E-state index in [1.807, 2.05) is 11.8 Å². The van der Waals surface area contributed by atoms with Crippen LogP contribution in [0.2, 0.25) is 0 Å². The summed E-state index contributed by atoms with van der Waals surface area (Å²) in [6.07, 6.45) is 2.28. The molecule has 1 fully saturated rings. The van der Waals surface area contributed by atoms with Gasteiger partial charge in [0.05, 0.1) is 0 Å². The molecule has 2 N–H and O–H groups in total. The number of thioether (sulfide) groups is 1. The Bertz CT molecular complexity index is 250. The van der Waals surface area contributed by atoms with Gasteiger partial charge in [0.25, 0.3) is 0 Å². The number of rotatable bonds is 4. The van der Waals surface area contributed by atoms with Gasteiger partial charge in [-0.1, -0.05) is 0 Å². The van der Waals surface area contributed by atoms with Crippen LogP contribution < -0.4 is 10.6 Å². The summed E-state index contributed by atoms with van der Waals surface area (Å²) < 4.78 is 0.165. The number of nitrogens with one attached hydrogen (secondary N) is 2. The van der Waals surface area contributed by atoms with Gasteiger partial charge in [-0.05, 0) is 25.5 Å². The van der Waals surface area contributed by atoms with Gasteiger partial charge in [0, 0.05) is 18.3 Å². The lowest BCUT2D eigenvalue weighted by atomic mass is 10.1. The predicted octanol–water partition coefficient (Wildman–Crippen LogP) is 0.524. The van der Waals surface area contributed by atoms with Crippen LogP contribution >= 0.6 is 11.8 Å². The molecule has 1 rings (SSSR count). The minimum Gasteiger partial charge on any atom is -0.359 e. The van der Waals surface area contributed by atoms with Crippen molar-refractivity contribution in [3.8, 4) is 0 Å². The maximum Gasteiger partial charge on any atom is 0.229 e. The van der Waals surface area contributed by atoms with Crippen LogP contribution in [-0.4, -0.2) is 35.9 Å². The summed E-state index contributed by atoms with van der Waals surface area (Å²) in [7, 11) is 1.53. The molecular formula is C10H18N2O2S. The molecule has 0 saturated carbocycles. The first-order valence-electron chi connectivity index (χ1n) is 5.17. The zero-order chi connectivity index (χ0) is 11.3. The molecule has 1 heterocycles. The summed E-state index contributed by atoms with van der Waals surface area (Å²) in [4.78, 5) is 22.3. The average Bonchev–Trinajstić information content (AvgIpc) is 2.63. The Kier molecular flexibility index (Phi) is 4.45. The smallest absolute Gasteiger partial charge is 0.229 e. The molecule has 1 aliphatic rings. The van der Waals surface area contributed by atoms with E-state index < -0.39 is 0 Å². The first-order chi connectivity index (χ1) is 7.06. The van der Waals surface area contributed by atoms with Crippen molar-refractivity contribution < 1.29 is 9.59 Å². The summed E-state index contributed by atoms with van der Waals surface area (Å²) >= 11 is 1.90. The molecular weight excluding hydrogens is 212 g/mol. The van der Waals surface area contributed by atoms with Crippen LogP contribution in [0.5, 0.6) is 0 Å². The highest BCUT2D eigenvalue weighted by molar-refractivity contribution is 8.00. The molecule has 2 amide bonds. The first-order valence-corrected chi connectivity index (χ1v) is 6.15. The number of carbonyl (C=O) groups is 2. The Morgan fingerprint density at radius 1 is 1.40 bits per heavy atom. The first kappa shape index (κ1) is 12.4. The van der Waals surface area contributed by atoms with E-state index in [1.54, 1.807) is 0 Å². The van der Waals surface area contributed by atoms with Crippen molar-refractivity contribution in [2.45, 2.75) is 30.9 Å². The Labute approximate surface area is 94.6 Å². The Balaban J connectivity index is 2.24. The molecule has 0 aromatic rings. The maximum absolute atomic E-state index is 11.3. The second kappa shape index (κ2) is 5.39. The zero-order valence-electron chi connectivity index (χ0n) is 9.26. The summed E-state index contributed by atoms with van der Waals surface area (Å²) in [6, 6.07) is 0. The minimum absolute atomic E-state index is 0.0722. The van der Waals surface area contributed by atoms with Crippen molar-refractivity contribution in [3.63, 3.8) is 0 Å². The third-order valence-electron chi connectivity index (χ3n) is 2.56. The van der Waals surface area contributed by atoms with Crippen LogP contribution in [0.3, 0.4) is 0 Å². The van der Waals surface area contributed by atoms with Gasteiger partial charge in [0.1, 0.15) is 6.42 Å². The van der Waals surface area contributed by atoms with E-state index in [2.05, 4.69) is 17.6 Å². The van der Waals surface area contributed by atoms with Gasteiger partial charge >= 0.3 is 0 Å². The van der Waals surface area contributed by atoms with Crippen LogP contribution in [0.25, 0.3) is 0 Å². The van der Waals surface area contributed by atoms with Crippen molar-refractivity contribution >= 4 is 23.6 Å². The van der Waals surface area contributed by atoms with Gasteiger partial charge in [-0.15, -0.1) is 0 Å². The van der Waals surface area contributed by atoms with Crippen molar-refractivity contribution in [2.24, 2.45) is 0 Å². The fraction of sp³-hybridized carbons (Fsp3) is 0.800. The Morgan fingerprint density at radius 2 is 2.13 bits per heavy atom. The van der Waals surface area contributed by atoms with E-state index >= 15 is 0 Å². The molecule has 0 spiro atoms. The van der Waals surface area contributed by atoms with E-state index in [-0.39, 0.29) is 23.0 Å². The largest absolute Gasteiger partial charge is 0.359 e. The van der Waals surface area contributed by atoms with Gasteiger partial charge in [-0.3, -0.25) is 9.59 Å². The minimum atomic E-state index is -0.239. The number of hydrogen-bond acceptors (Lipinski definition) is 3. The lowest BCUT2D eigenvalue weighted by molar-refractivity contribution is -0.129. The summed E-state index contributed by atoms with van der Waals surface area (Å²) in [5, 5.41) is 5.24. The highest BCUT2D eigenvalue weighted by atomic mass is 32.2. The van der Waals surface area contributed by atoms with E-state index in [4.69, 9.17) is 0 Å². The maximum atomic E-state index is 11.3. The van der Waals surface area contributed by atoms with Crippen molar-refractivity contribution in [1.82, 2.24) is 10.6 Å². The monoisotopic (exact) mass is 230 g/mol. The number of amides is 2. The van der Waals surface area contributed by atoms with Crippen LogP contribution in [0.15, 0.2) is 0 Å². The molecule has 0 bridgehead atoms. The molecule has 0 aromatic heterocycles. The van der Waals surface area contributed by atoms with E-state index in [1.165, 1.54) is 19.2 Å². The summed E-state index contributed by atoms with van der Waals surface area (Å²) in [5.74, 6) is 0.738. The van der Waals surface area contributed by atoms with Gasteiger partial charge in [-0.25, -0.2) is 0 Å². The zero-order valence-corrected chi connectivity index (χ0v) is 10.1. The van der Waals surface area contributed by atoms with E-state index in [9.17, 15) is 9.59 Å². The quantitative estimate of drug-likeness (QED) is 0.692. The lowest BCUT2D eigenvalue weighted by Gasteiger charge is -2.22. The average molecular weight is 230 g/mol. The molecule has 5 heteroatoms. The third kappa shape index (κ3) is 4.11. The number of carbonyl (C=O) groups excluding carboxylic acids is 2. The highest BCUT2D eigenvalue weighted by Crippen LogP contribution is 2.36. The van der Waals surface area contributed by atoms with E-state index in [0.29, 0.717) is 6.54 Å². The molecule has 1 atom stereocenters. The van der Waals surface area contributed by atoms with Gasteiger partial charge in [0.15, 0.2) is 0 Å². The highest BCUT2D eigenvalue weighted by Gasteiger charge is 2.29. The molecule has 1 saturated heterocycles. The SMILES string of the molecule is CNC(=O)CC(=O)NC[C@]1(C)CCCS1. The molecule has 4 nitrogen and oxygen atoms in total. The standard InChI is InChI=1S/C10H18N2O2S/c1-10(4-3-5-15-10)7-12-9(14)6-8(13)11-2/h3-7H2,1-2H3,(H,11,13)(H,12,14)/t10-/m0/s1. The van der Waals surface area contributed by atoms with Crippen molar-refractivity contribution in [2.75, 3.05) is 19.3 Å². The predicted molar refractivity (Wildman–Crippen MR) is 61.8 cm³/mol. The van der Waals surface area contributed by atoms with Crippen LogP contribution in [-0.2, 0) is 9.59 Å².